The molecular formula is C11H6BrFO3S. The molecule has 0 fully saturated rings. The van der Waals surface area contributed by atoms with Gasteiger partial charge in [0.25, 0.3) is 0 Å². The zero-order valence-corrected chi connectivity index (χ0v) is 10.7. The molecule has 0 spiro atoms. The number of aromatic carboxylic acids is 1. The van der Waals surface area contributed by atoms with E-state index in [2.05, 4.69) is 15.9 Å². The number of hydrogen-bond donors (Lipinski definition) is 1. The van der Waals surface area contributed by atoms with Crippen LogP contribution < -0.4 is 4.74 Å². The van der Waals surface area contributed by atoms with E-state index in [4.69, 9.17) is 9.84 Å². The third-order valence-electron chi connectivity index (χ3n) is 1.86. The van der Waals surface area contributed by atoms with Crippen molar-refractivity contribution in [3.8, 4) is 11.5 Å². The Hall–Kier alpha value is -1.40. The summed E-state index contributed by atoms with van der Waals surface area (Å²) in [4.78, 5) is 10.8. The van der Waals surface area contributed by atoms with E-state index in [1.165, 1.54) is 18.2 Å². The van der Waals surface area contributed by atoms with Gasteiger partial charge in [0.15, 0.2) is 0 Å². The molecule has 1 N–H and O–H groups in total. The second-order valence-corrected chi connectivity index (χ2v) is 4.99. The predicted octanol–water partition coefficient (Wildman–Crippen LogP) is 4.14. The summed E-state index contributed by atoms with van der Waals surface area (Å²) in [6.07, 6.45) is 0. The van der Waals surface area contributed by atoms with Gasteiger partial charge < -0.3 is 9.84 Å². The van der Waals surface area contributed by atoms with E-state index in [0.717, 1.165) is 11.3 Å². The van der Waals surface area contributed by atoms with Crippen LogP contribution in [0.1, 0.15) is 9.67 Å². The minimum atomic E-state index is -1.01. The van der Waals surface area contributed by atoms with Gasteiger partial charge in [-0.2, -0.15) is 0 Å². The van der Waals surface area contributed by atoms with E-state index >= 15 is 0 Å². The Kier molecular flexibility index (Phi) is 3.44. The standard InChI is InChI=1S/C11H6BrFO3S/c12-6-1-7(13)3-8(2-6)16-9-4-10(11(14)15)17-5-9/h1-5H,(H,14,15). The number of ether oxygens (including phenoxy) is 1. The van der Waals surface area contributed by atoms with Crippen molar-refractivity contribution in [2.24, 2.45) is 0 Å². The van der Waals surface area contributed by atoms with Gasteiger partial charge in [0.2, 0.25) is 0 Å². The Labute approximate surface area is 109 Å². The number of hydrogen-bond acceptors (Lipinski definition) is 3. The maximum Gasteiger partial charge on any atom is 0.346 e. The van der Waals surface area contributed by atoms with Crippen molar-refractivity contribution in [3.63, 3.8) is 0 Å². The number of carbonyl (C=O) groups is 1. The molecule has 0 radical (unpaired) electrons. The first-order valence-corrected chi connectivity index (χ1v) is 6.17. The number of halogens is 2. The Balaban J connectivity index is 2.22. The van der Waals surface area contributed by atoms with E-state index < -0.39 is 11.8 Å². The van der Waals surface area contributed by atoms with E-state index in [0.29, 0.717) is 16.0 Å². The van der Waals surface area contributed by atoms with Gasteiger partial charge in [0, 0.05) is 22.0 Å². The summed E-state index contributed by atoms with van der Waals surface area (Å²) in [5, 5.41) is 10.3. The van der Waals surface area contributed by atoms with Crippen molar-refractivity contribution >= 4 is 33.2 Å². The molecule has 0 aliphatic heterocycles. The van der Waals surface area contributed by atoms with Gasteiger partial charge in [-0.3, -0.25) is 0 Å². The summed E-state index contributed by atoms with van der Waals surface area (Å²) in [5.41, 5.74) is 0. The van der Waals surface area contributed by atoms with E-state index in [1.54, 1.807) is 11.4 Å². The minimum absolute atomic E-state index is 0.176. The third kappa shape index (κ3) is 3.04. The Morgan fingerprint density at radius 1 is 1.29 bits per heavy atom. The largest absolute Gasteiger partial charge is 0.477 e. The molecule has 2 rings (SSSR count). The summed E-state index contributed by atoms with van der Waals surface area (Å²) in [7, 11) is 0. The fourth-order valence-electron chi connectivity index (χ4n) is 1.21. The van der Waals surface area contributed by atoms with Gasteiger partial charge in [-0.25, -0.2) is 9.18 Å². The lowest BCUT2D eigenvalue weighted by Gasteiger charge is -2.03. The van der Waals surface area contributed by atoms with Gasteiger partial charge in [-0.1, -0.05) is 15.9 Å². The summed E-state index contributed by atoms with van der Waals surface area (Å²) < 4.78 is 19.0. The van der Waals surface area contributed by atoms with Crippen LogP contribution in [0, 0.1) is 5.82 Å². The predicted molar refractivity (Wildman–Crippen MR) is 65.5 cm³/mol. The van der Waals surface area contributed by atoms with Crippen LogP contribution in [0.2, 0.25) is 0 Å². The highest BCUT2D eigenvalue weighted by Gasteiger charge is 2.09. The monoisotopic (exact) mass is 316 g/mol. The fraction of sp³-hybridized carbons (Fsp3) is 0. The molecule has 0 amide bonds. The number of carboxylic acid groups (broad SMARTS) is 1. The molecule has 17 heavy (non-hydrogen) atoms. The van der Waals surface area contributed by atoms with Crippen LogP contribution in [0.4, 0.5) is 4.39 Å². The molecule has 0 saturated heterocycles. The van der Waals surface area contributed by atoms with Gasteiger partial charge in [0.1, 0.15) is 22.2 Å². The number of benzene rings is 1. The molecule has 0 saturated carbocycles. The van der Waals surface area contributed by atoms with E-state index in [9.17, 15) is 9.18 Å². The first kappa shape index (κ1) is 12.1. The van der Waals surface area contributed by atoms with Gasteiger partial charge in [-0.15, -0.1) is 11.3 Å². The second-order valence-electron chi connectivity index (χ2n) is 3.16. The topological polar surface area (TPSA) is 46.5 Å². The molecular weight excluding hydrogens is 311 g/mol. The van der Waals surface area contributed by atoms with Crippen LogP contribution in [0.15, 0.2) is 34.1 Å². The summed E-state index contributed by atoms with van der Waals surface area (Å²) in [5.74, 6) is -0.746. The van der Waals surface area contributed by atoms with Crippen LogP contribution >= 0.6 is 27.3 Å². The molecule has 0 atom stereocenters. The molecule has 0 bridgehead atoms. The molecule has 88 valence electrons. The maximum atomic E-state index is 13.1. The summed E-state index contributed by atoms with van der Waals surface area (Å²) in [6.45, 7) is 0. The second kappa shape index (κ2) is 4.85. The SMILES string of the molecule is O=C(O)c1cc(Oc2cc(F)cc(Br)c2)cs1. The smallest absolute Gasteiger partial charge is 0.346 e. The molecule has 6 heteroatoms. The Morgan fingerprint density at radius 3 is 2.65 bits per heavy atom. The zero-order valence-electron chi connectivity index (χ0n) is 8.31. The average Bonchev–Trinajstić information content (AvgIpc) is 2.64. The molecule has 2 aromatic rings. The highest BCUT2D eigenvalue weighted by atomic mass is 79.9. The zero-order chi connectivity index (χ0) is 12.4. The molecule has 0 aliphatic rings. The fourth-order valence-corrected chi connectivity index (χ4v) is 2.30. The van der Waals surface area contributed by atoms with Crippen molar-refractivity contribution in [1.82, 2.24) is 0 Å². The summed E-state index contributed by atoms with van der Waals surface area (Å²) in [6, 6.07) is 5.53. The van der Waals surface area contributed by atoms with E-state index in [1.807, 2.05) is 0 Å². The molecule has 1 aromatic carbocycles. The van der Waals surface area contributed by atoms with Crippen molar-refractivity contribution in [1.29, 1.82) is 0 Å². The molecule has 1 heterocycles. The lowest BCUT2D eigenvalue weighted by Crippen LogP contribution is -1.90. The third-order valence-corrected chi connectivity index (χ3v) is 3.21. The molecule has 3 nitrogen and oxygen atoms in total. The molecule has 1 aromatic heterocycles. The first-order chi connectivity index (χ1) is 8.04. The lowest BCUT2D eigenvalue weighted by atomic mass is 10.3. The van der Waals surface area contributed by atoms with Crippen molar-refractivity contribution < 1.29 is 19.0 Å². The first-order valence-electron chi connectivity index (χ1n) is 4.50. The van der Waals surface area contributed by atoms with Gasteiger partial charge >= 0.3 is 5.97 Å². The van der Waals surface area contributed by atoms with Crippen molar-refractivity contribution in [2.75, 3.05) is 0 Å². The molecule has 0 unspecified atom stereocenters. The van der Waals surface area contributed by atoms with Crippen molar-refractivity contribution in [3.05, 3.63) is 44.8 Å². The minimum Gasteiger partial charge on any atom is -0.477 e. The normalized spacial score (nSPS) is 10.2. The van der Waals surface area contributed by atoms with Gasteiger partial charge in [0.05, 0.1) is 0 Å². The van der Waals surface area contributed by atoms with Crippen LogP contribution in [-0.4, -0.2) is 11.1 Å². The average molecular weight is 317 g/mol. The highest BCUT2D eigenvalue weighted by Crippen LogP contribution is 2.29. The number of thiophene rings is 1. The molecule has 0 aliphatic carbocycles. The summed E-state index contributed by atoms with van der Waals surface area (Å²) >= 11 is 4.20. The lowest BCUT2D eigenvalue weighted by molar-refractivity contribution is 0.0702. The van der Waals surface area contributed by atoms with E-state index in [-0.39, 0.29) is 4.88 Å². The van der Waals surface area contributed by atoms with Crippen LogP contribution in [0.5, 0.6) is 11.5 Å². The maximum absolute atomic E-state index is 13.1. The number of rotatable bonds is 3. The van der Waals surface area contributed by atoms with Crippen LogP contribution in [-0.2, 0) is 0 Å². The number of carboxylic acids is 1. The van der Waals surface area contributed by atoms with Gasteiger partial charge in [-0.05, 0) is 12.1 Å². The van der Waals surface area contributed by atoms with Crippen molar-refractivity contribution in [2.45, 2.75) is 0 Å². The van der Waals surface area contributed by atoms with Crippen LogP contribution in [0.3, 0.4) is 0 Å². The highest BCUT2D eigenvalue weighted by molar-refractivity contribution is 9.10. The Bertz CT molecular complexity index is 547. The quantitative estimate of drug-likeness (QED) is 0.925. The van der Waals surface area contributed by atoms with Crippen LogP contribution in [0.25, 0.3) is 0 Å². The Morgan fingerprint density at radius 2 is 2.06 bits per heavy atom.